The van der Waals surface area contributed by atoms with Crippen LogP contribution in [0.3, 0.4) is 0 Å². The highest BCUT2D eigenvalue weighted by molar-refractivity contribution is 5.92. The van der Waals surface area contributed by atoms with Gasteiger partial charge in [-0.3, -0.25) is 4.79 Å². The van der Waals surface area contributed by atoms with Gasteiger partial charge in [0, 0.05) is 18.5 Å². The zero-order valence-corrected chi connectivity index (χ0v) is 12.6. The third kappa shape index (κ3) is 3.46. The van der Waals surface area contributed by atoms with E-state index < -0.39 is 5.60 Å². The van der Waals surface area contributed by atoms with Crippen LogP contribution in [0.1, 0.15) is 74.0 Å². The van der Waals surface area contributed by atoms with Crippen LogP contribution in [0.4, 0.5) is 0 Å². The monoisotopic (exact) mass is 292 g/mol. The lowest BCUT2D eigenvalue weighted by Crippen LogP contribution is -2.45. The third-order valence-corrected chi connectivity index (χ3v) is 4.93. The maximum Gasteiger partial charge on any atom is 0.273 e. The number of carbonyl (C=O) groups excluding carboxylic acids is 1. The van der Waals surface area contributed by atoms with Gasteiger partial charge in [-0.15, -0.1) is 0 Å². The molecule has 116 valence electrons. The van der Waals surface area contributed by atoms with Crippen molar-refractivity contribution in [3.63, 3.8) is 0 Å². The summed E-state index contributed by atoms with van der Waals surface area (Å²) in [6.07, 6.45) is 7.02. The molecule has 0 aliphatic heterocycles. The summed E-state index contributed by atoms with van der Waals surface area (Å²) >= 11 is 0. The van der Waals surface area contributed by atoms with Gasteiger partial charge in [-0.1, -0.05) is 18.5 Å². The summed E-state index contributed by atoms with van der Waals surface area (Å²) in [5.41, 5.74) is -0.438. The van der Waals surface area contributed by atoms with E-state index in [4.69, 9.17) is 4.52 Å². The molecule has 3 rings (SSSR count). The summed E-state index contributed by atoms with van der Waals surface area (Å²) in [6.45, 7) is 2.49. The Balaban J connectivity index is 1.50. The molecule has 21 heavy (non-hydrogen) atoms. The molecular weight excluding hydrogens is 268 g/mol. The number of aromatic nitrogens is 1. The second-order valence-corrected chi connectivity index (χ2v) is 6.65. The quantitative estimate of drug-likeness (QED) is 0.874. The van der Waals surface area contributed by atoms with Crippen LogP contribution in [-0.4, -0.2) is 28.3 Å². The second kappa shape index (κ2) is 5.79. The van der Waals surface area contributed by atoms with E-state index in [0.717, 1.165) is 50.2 Å². The lowest BCUT2D eigenvalue weighted by Gasteiger charge is -2.35. The molecule has 0 radical (unpaired) electrons. The molecule has 2 saturated carbocycles. The number of nitrogens with one attached hydrogen (secondary N) is 1. The van der Waals surface area contributed by atoms with E-state index in [0.29, 0.717) is 18.2 Å². The molecule has 5 nitrogen and oxygen atoms in total. The van der Waals surface area contributed by atoms with Crippen LogP contribution in [0.2, 0.25) is 0 Å². The van der Waals surface area contributed by atoms with Crippen LogP contribution in [0, 0.1) is 5.92 Å². The van der Waals surface area contributed by atoms with Crippen LogP contribution in [0.25, 0.3) is 0 Å². The molecule has 1 heterocycles. The Labute approximate surface area is 125 Å². The van der Waals surface area contributed by atoms with Crippen LogP contribution >= 0.6 is 0 Å². The van der Waals surface area contributed by atoms with Crippen molar-refractivity contribution in [3.8, 4) is 0 Å². The van der Waals surface area contributed by atoms with Crippen molar-refractivity contribution < 1.29 is 14.4 Å². The zero-order valence-electron chi connectivity index (χ0n) is 12.6. The third-order valence-electron chi connectivity index (χ3n) is 4.93. The van der Waals surface area contributed by atoms with Gasteiger partial charge in [0.05, 0.1) is 5.60 Å². The predicted molar refractivity (Wildman–Crippen MR) is 78.0 cm³/mol. The Bertz CT molecular complexity index is 499. The minimum absolute atomic E-state index is 0.253. The Morgan fingerprint density at radius 1 is 1.43 bits per heavy atom. The van der Waals surface area contributed by atoms with E-state index in [2.05, 4.69) is 17.4 Å². The number of hydrogen-bond donors (Lipinski definition) is 2. The second-order valence-electron chi connectivity index (χ2n) is 6.65. The van der Waals surface area contributed by atoms with Crippen molar-refractivity contribution in [2.45, 2.75) is 63.4 Å². The fraction of sp³-hybridized carbons (Fsp3) is 0.750. The summed E-state index contributed by atoms with van der Waals surface area (Å²) in [6, 6.07) is 1.73. The first-order valence-corrected chi connectivity index (χ1v) is 8.07. The average Bonchev–Trinajstić information content (AvgIpc) is 3.23. The Hall–Kier alpha value is -1.36. The highest BCUT2D eigenvalue weighted by Gasteiger charge is 2.33. The molecule has 5 heteroatoms. The summed E-state index contributed by atoms with van der Waals surface area (Å²) < 4.78 is 5.18. The highest BCUT2D eigenvalue weighted by Crippen LogP contribution is 2.40. The van der Waals surface area contributed by atoms with Crippen LogP contribution in [-0.2, 0) is 0 Å². The summed E-state index contributed by atoms with van der Waals surface area (Å²) in [5, 5.41) is 17.1. The van der Waals surface area contributed by atoms with Crippen molar-refractivity contribution in [2.75, 3.05) is 6.54 Å². The Kier molecular flexibility index (Phi) is 4.02. The maximum absolute atomic E-state index is 12.1. The van der Waals surface area contributed by atoms with Gasteiger partial charge in [-0.2, -0.15) is 0 Å². The van der Waals surface area contributed by atoms with Crippen molar-refractivity contribution in [1.29, 1.82) is 0 Å². The molecule has 2 N–H and O–H groups in total. The van der Waals surface area contributed by atoms with Gasteiger partial charge in [0.25, 0.3) is 5.91 Å². The van der Waals surface area contributed by atoms with Crippen LogP contribution in [0.15, 0.2) is 10.6 Å². The summed E-state index contributed by atoms with van der Waals surface area (Å²) in [5.74, 6) is 1.73. The van der Waals surface area contributed by atoms with E-state index in [-0.39, 0.29) is 5.91 Å². The van der Waals surface area contributed by atoms with Gasteiger partial charge in [0.15, 0.2) is 5.69 Å². The number of aliphatic hydroxyl groups is 1. The fourth-order valence-corrected chi connectivity index (χ4v) is 3.09. The molecule has 2 aliphatic rings. The van der Waals surface area contributed by atoms with Crippen molar-refractivity contribution in [1.82, 2.24) is 10.5 Å². The number of carbonyl (C=O) groups is 1. The SMILES string of the molecule is CCC1CCC(O)(CNC(=O)c2cc(C3CC3)on2)CC1. The van der Waals surface area contributed by atoms with Crippen LogP contribution < -0.4 is 5.32 Å². The smallest absolute Gasteiger partial charge is 0.273 e. The van der Waals surface area contributed by atoms with Crippen molar-refractivity contribution in [3.05, 3.63) is 17.5 Å². The molecular formula is C16H24N2O3. The molecule has 2 aliphatic carbocycles. The molecule has 2 fully saturated rings. The van der Waals surface area contributed by atoms with Crippen molar-refractivity contribution >= 4 is 5.91 Å². The Morgan fingerprint density at radius 3 is 2.76 bits per heavy atom. The molecule has 0 atom stereocenters. The first-order chi connectivity index (χ1) is 10.1. The summed E-state index contributed by atoms with van der Waals surface area (Å²) in [7, 11) is 0. The van der Waals surface area contributed by atoms with Gasteiger partial charge >= 0.3 is 0 Å². The number of amides is 1. The normalized spacial score (nSPS) is 29.3. The topological polar surface area (TPSA) is 75.4 Å². The highest BCUT2D eigenvalue weighted by atomic mass is 16.5. The number of nitrogens with zero attached hydrogens (tertiary/aromatic N) is 1. The van der Waals surface area contributed by atoms with Gasteiger partial charge in [-0.05, 0) is 44.4 Å². The molecule has 1 aromatic heterocycles. The lowest BCUT2D eigenvalue weighted by molar-refractivity contribution is -0.00792. The largest absolute Gasteiger partial charge is 0.388 e. The fourth-order valence-electron chi connectivity index (χ4n) is 3.09. The summed E-state index contributed by atoms with van der Waals surface area (Å²) in [4.78, 5) is 12.1. The molecule has 0 saturated heterocycles. The molecule has 1 aromatic rings. The Morgan fingerprint density at radius 2 is 2.14 bits per heavy atom. The minimum Gasteiger partial charge on any atom is -0.388 e. The predicted octanol–water partition coefficient (Wildman–Crippen LogP) is 2.61. The van der Waals surface area contributed by atoms with E-state index in [1.54, 1.807) is 6.07 Å². The van der Waals surface area contributed by atoms with Gasteiger partial charge < -0.3 is 14.9 Å². The van der Waals surface area contributed by atoms with Crippen LogP contribution in [0.5, 0.6) is 0 Å². The minimum atomic E-state index is -0.760. The number of hydrogen-bond acceptors (Lipinski definition) is 4. The van der Waals surface area contributed by atoms with Gasteiger partial charge in [0.2, 0.25) is 0 Å². The van der Waals surface area contributed by atoms with E-state index >= 15 is 0 Å². The molecule has 0 unspecified atom stereocenters. The van der Waals surface area contributed by atoms with Gasteiger partial charge in [0.1, 0.15) is 5.76 Å². The standard InChI is InChI=1S/C16H24N2O3/c1-2-11-5-7-16(20,8-6-11)10-17-15(19)13-9-14(21-18-13)12-3-4-12/h9,11-12,20H,2-8,10H2,1H3,(H,17,19). The first-order valence-electron chi connectivity index (χ1n) is 8.07. The lowest BCUT2D eigenvalue weighted by atomic mass is 9.78. The average molecular weight is 292 g/mol. The van der Waals surface area contributed by atoms with Gasteiger partial charge in [-0.25, -0.2) is 0 Å². The maximum atomic E-state index is 12.1. The number of rotatable bonds is 5. The molecule has 0 aromatic carbocycles. The molecule has 1 amide bonds. The van der Waals surface area contributed by atoms with E-state index in [1.165, 1.54) is 6.42 Å². The molecule has 0 spiro atoms. The van der Waals surface area contributed by atoms with Crippen molar-refractivity contribution in [2.24, 2.45) is 5.92 Å². The molecule has 0 bridgehead atoms. The van der Waals surface area contributed by atoms with E-state index in [9.17, 15) is 9.90 Å². The first kappa shape index (κ1) is 14.6. The zero-order chi connectivity index (χ0) is 14.9. The van der Waals surface area contributed by atoms with E-state index in [1.807, 2.05) is 0 Å².